The van der Waals surface area contributed by atoms with Crippen LogP contribution < -0.4 is 5.32 Å². The molecule has 9 heteroatoms. The smallest absolute Gasteiger partial charge is 0.269 e. The van der Waals surface area contributed by atoms with Crippen molar-refractivity contribution in [2.75, 3.05) is 12.4 Å². The molecule has 1 aliphatic heterocycles. The number of non-ortho nitro benzene ring substituents is 1. The maximum atomic E-state index is 12.1. The molecule has 1 fully saturated rings. The highest BCUT2D eigenvalue weighted by Crippen LogP contribution is 2.23. The summed E-state index contributed by atoms with van der Waals surface area (Å²) in [4.78, 5) is 44.0. The van der Waals surface area contributed by atoms with Gasteiger partial charge >= 0.3 is 0 Å². The van der Waals surface area contributed by atoms with Crippen molar-refractivity contribution in [1.29, 1.82) is 0 Å². The lowest BCUT2D eigenvalue weighted by Crippen LogP contribution is -2.32. The van der Waals surface area contributed by atoms with Gasteiger partial charge in [-0.3, -0.25) is 24.6 Å². The van der Waals surface area contributed by atoms with Gasteiger partial charge in [-0.1, -0.05) is 6.92 Å². The second-order valence-electron chi connectivity index (χ2n) is 5.92. The van der Waals surface area contributed by atoms with Crippen LogP contribution in [0.2, 0.25) is 0 Å². The first-order chi connectivity index (χ1) is 12.4. The number of rotatable bonds is 5. The Morgan fingerprint density at radius 1 is 1.27 bits per heavy atom. The SMILES string of the molecule is CCc1cc(NC2CC(=O)N(C)C2=O)nc(-c2ccc([N+](=O)[O-])cc2)n1. The Balaban J connectivity index is 1.90. The molecule has 2 amide bonds. The van der Waals surface area contributed by atoms with Crippen LogP contribution in [0.25, 0.3) is 11.4 Å². The Labute approximate surface area is 149 Å². The maximum absolute atomic E-state index is 12.1. The number of anilines is 1. The zero-order valence-electron chi connectivity index (χ0n) is 14.3. The standard InChI is InChI=1S/C17H17N5O4/c1-3-11-8-14(19-13-9-15(23)21(2)17(13)24)20-16(18-11)10-4-6-12(7-5-10)22(25)26/h4-8,13H,3,9H2,1-2H3,(H,18,19,20). The minimum Gasteiger partial charge on any atom is -0.358 e. The first-order valence-corrected chi connectivity index (χ1v) is 8.08. The van der Waals surface area contributed by atoms with Crippen molar-refractivity contribution < 1.29 is 14.5 Å². The van der Waals surface area contributed by atoms with Crippen LogP contribution >= 0.6 is 0 Å². The van der Waals surface area contributed by atoms with E-state index in [1.54, 1.807) is 18.2 Å². The Bertz CT molecular complexity index is 881. The van der Waals surface area contributed by atoms with Crippen molar-refractivity contribution >= 4 is 23.3 Å². The van der Waals surface area contributed by atoms with Crippen molar-refractivity contribution in [3.63, 3.8) is 0 Å². The van der Waals surface area contributed by atoms with Crippen LogP contribution in [0.4, 0.5) is 11.5 Å². The third-order valence-electron chi connectivity index (χ3n) is 4.18. The Kier molecular flexibility index (Phi) is 4.61. The number of aromatic nitrogens is 2. The number of likely N-dealkylation sites (N-methyl/N-ethyl adjacent to an activating group) is 1. The normalized spacial score (nSPS) is 16.8. The molecule has 3 rings (SSSR count). The molecule has 1 N–H and O–H groups in total. The number of amides is 2. The van der Waals surface area contributed by atoms with Gasteiger partial charge in [0.2, 0.25) is 5.91 Å². The average Bonchev–Trinajstić information content (AvgIpc) is 2.88. The van der Waals surface area contributed by atoms with Gasteiger partial charge in [0.1, 0.15) is 11.9 Å². The molecule has 1 saturated heterocycles. The van der Waals surface area contributed by atoms with Gasteiger partial charge in [-0.2, -0.15) is 0 Å². The number of hydrogen-bond acceptors (Lipinski definition) is 7. The van der Waals surface area contributed by atoms with Crippen molar-refractivity contribution in [3.05, 3.63) is 46.1 Å². The average molecular weight is 355 g/mol. The number of carbonyl (C=O) groups is 2. The van der Waals surface area contributed by atoms with E-state index in [1.165, 1.54) is 19.2 Å². The highest BCUT2D eigenvalue weighted by molar-refractivity contribution is 6.06. The van der Waals surface area contributed by atoms with Crippen LogP contribution in [0.5, 0.6) is 0 Å². The first-order valence-electron chi connectivity index (χ1n) is 8.08. The summed E-state index contributed by atoms with van der Waals surface area (Å²) in [5, 5.41) is 13.8. The number of nitrogens with one attached hydrogen (secondary N) is 1. The van der Waals surface area contributed by atoms with Gasteiger partial charge in [-0.25, -0.2) is 9.97 Å². The molecule has 1 aromatic heterocycles. The summed E-state index contributed by atoms with van der Waals surface area (Å²) in [6.07, 6.45) is 0.724. The number of hydrogen-bond donors (Lipinski definition) is 1. The maximum Gasteiger partial charge on any atom is 0.269 e. The molecule has 0 saturated carbocycles. The molecule has 1 aromatic carbocycles. The number of nitro benzene ring substituents is 1. The minimum absolute atomic E-state index is 0.0168. The van der Waals surface area contributed by atoms with E-state index >= 15 is 0 Å². The van der Waals surface area contributed by atoms with Crippen LogP contribution in [0.15, 0.2) is 30.3 Å². The summed E-state index contributed by atoms with van der Waals surface area (Å²) >= 11 is 0. The van der Waals surface area contributed by atoms with E-state index in [0.717, 1.165) is 10.6 Å². The number of nitrogens with zero attached hydrogens (tertiary/aromatic N) is 4. The van der Waals surface area contributed by atoms with E-state index in [9.17, 15) is 19.7 Å². The van der Waals surface area contributed by atoms with E-state index in [4.69, 9.17) is 0 Å². The lowest BCUT2D eigenvalue weighted by atomic mass is 10.2. The molecule has 0 bridgehead atoms. The monoisotopic (exact) mass is 355 g/mol. The fourth-order valence-electron chi connectivity index (χ4n) is 2.66. The molecule has 2 heterocycles. The molecular weight excluding hydrogens is 338 g/mol. The van der Waals surface area contributed by atoms with E-state index in [2.05, 4.69) is 15.3 Å². The van der Waals surface area contributed by atoms with Gasteiger partial charge in [0.15, 0.2) is 5.82 Å². The second-order valence-corrected chi connectivity index (χ2v) is 5.92. The van der Waals surface area contributed by atoms with Crippen molar-refractivity contribution in [1.82, 2.24) is 14.9 Å². The first kappa shape index (κ1) is 17.5. The molecule has 9 nitrogen and oxygen atoms in total. The van der Waals surface area contributed by atoms with Gasteiger partial charge in [-0.15, -0.1) is 0 Å². The molecule has 1 aliphatic rings. The fraction of sp³-hybridized carbons (Fsp3) is 0.294. The van der Waals surface area contributed by atoms with E-state index in [-0.39, 0.29) is 23.9 Å². The van der Waals surface area contributed by atoms with E-state index < -0.39 is 11.0 Å². The third-order valence-corrected chi connectivity index (χ3v) is 4.18. The fourth-order valence-corrected chi connectivity index (χ4v) is 2.66. The summed E-state index contributed by atoms with van der Waals surface area (Å²) in [7, 11) is 1.45. The lowest BCUT2D eigenvalue weighted by molar-refractivity contribution is -0.384. The molecule has 134 valence electrons. The molecule has 1 unspecified atom stereocenters. The Morgan fingerprint density at radius 3 is 2.50 bits per heavy atom. The summed E-state index contributed by atoms with van der Waals surface area (Å²) in [5.74, 6) is 0.287. The second kappa shape index (κ2) is 6.87. The van der Waals surface area contributed by atoms with Crippen LogP contribution in [0.1, 0.15) is 19.0 Å². The van der Waals surface area contributed by atoms with Crippen LogP contribution in [0, 0.1) is 10.1 Å². The van der Waals surface area contributed by atoms with Crippen LogP contribution in [0.3, 0.4) is 0 Å². The molecule has 0 spiro atoms. The Morgan fingerprint density at radius 2 is 1.96 bits per heavy atom. The predicted octanol–water partition coefficient (Wildman–Crippen LogP) is 1.78. The topological polar surface area (TPSA) is 118 Å². The molecule has 26 heavy (non-hydrogen) atoms. The zero-order valence-corrected chi connectivity index (χ0v) is 14.3. The number of nitro groups is 1. The van der Waals surface area contributed by atoms with E-state index in [1.807, 2.05) is 6.92 Å². The lowest BCUT2D eigenvalue weighted by Gasteiger charge is -2.13. The summed E-state index contributed by atoms with van der Waals surface area (Å²) < 4.78 is 0. The van der Waals surface area contributed by atoms with Gasteiger partial charge in [0.25, 0.3) is 11.6 Å². The molecular formula is C17H17N5O4. The molecule has 0 radical (unpaired) electrons. The largest absolute Gasteiger partial charge is 0.358 e. The van der Waals surface area contributed by atoms with E-state index in [0.29, 0.717) is 23.6 Å². The van der Waals surface area contributed by atoms with Gasteiger partial charge < -0.3 is 5.32 Å². The molecule has 2 aromatic rings. The van der Waals surface area contributed by atoms with Crippen molar-refractivity contribution in [3.8, 4) is 11.4 Å². The number of aryl methyl sites for hydroxylation is 1. The van der Waals surface area contributed by atoms with Gasteiger partial charge in [0.05, 0.1) is 11.3 Å². The van der Waals surface area contributed by atoms with Crippen LogP contribution in [-0.2, 0) is 16.0 Å². The van der Waals surface area contributed by atoms with Crippen molar-refractivity contribution in [2.24, 2.45) is 0 Å². The number of carbonyl (C=O) groups excluding carboxylic acids is 2. The highest BCUT2D eigenvalue weighted by atomic mass is 16.6. The number of benzene rings is 1. The minimum atomic E-state index is -0.656. The summed E-state index contributed by atoms with van der Waals surface area (Å²) in [6, 6.07) is 7.00. The summed E-state index contributed by atoms with van der Waals surface area (Å²) in [5.41, 5.74) is 1.36. The molecule has 1 atom stereocenters. The van der Waals surface area contributed by atoms with Crippen molar-refractivity contribution in [2.45, 2.75) is 25.8 Å². The van der Waals surface area contributed by atoms with Gasteiger partial charge in [-0.05, 0) is 18.6 Å². The number of imide groups is 1. The van der Waals surface area contributed by atoms with Crippen LogP contribution in [-0.4, -0.2) is 44.7 Å². The van der Waals surface area contributed by atoms with Gasteiger partial charge in [0, 0.05) is 36.5 Å². The number of likely N-dealkylation sites (tertiary alicyclic amines) is 1. The predicted molar refractivity (Wildman–Crippen MR) is 93.3 cm³/mol. The highest BCUT2D eigenvalue weighted by Gasteiger charge is 2.36. The Hall–Kier alpha value is -3.36. The molecule has 0 aliphatic carbocycles. The quantitative estimate of drug-likeness (QED) is 0.493. The third kappa shape index (κ3) is 3.37. The zero-order chi connectivity index (χ0) is 18.8. The summed E-state index contributed by atoms with van der Waals surface area (Å²) in [6.45, 7) is 1.93.